The van der Waals surface area contributed by atoms with Gasteiger partial charge in [0.2, 0.25) is 0 Å². The second-order valence-corrected chi connectivity index (χ2v) is 12.4. The Balaban J connectivity index is 1.17. The van der Waals surface area contributed by atoms with Crippen molar-refractivity contribution >= 4 is 28.6 Å². The van der Waals surface area contributed by atoms with Gasteiger partial charge in [0.1, 0.15) is 5.82 Å². The molecule has 2 bridgehead atoms. The molecule has 2 N–H and O–H groups in total. The molecule has 1 saturated carbocycles. The maximum Gasteiger partial charge on any atom is 0.319 e. The Morgan fingerprint density at radius 1 is 0.929 bits per heavy atom. The van der Waals surface area contributed by atoms with Gasteiger partial charge in [-0.2, -0.15) is 5.10 Å². The van der Waals surface area contributed by atoms with Gasteiger partial charge in [-0.15, -0.1) is 0 Å². The quantitative estimate of drug-likeness (QED) is 0.460. The minimum atomic E-state index is -0.210. The number of morpholine rings is 1. The van der Waals surface area contributed by atoms with Crippen molar-refractivity contribution in [2.45, 2.75) is 69.7 Å². The molecule has 1 aromatic carbocycles. The first-order valence-electron chi connectivity index (χ1n) is 15.8. The molecule has 3 aliphatic heterocycles. The van der Waals surface area contributed by atoms with Crippen LogP contribution in [0.2, 0.25) is 0 Å². The predicted molar refractivity (Wildman–Crippen MR) is 164 cm³/mol. The molecule has 1 aliphatic carbocycles. The van der Waals surface area contributed by atoms with E-state index in [0.29, 0.717) is 24.5 Å². The summed E-state index contributed by atoms with van der Waals surface area (Å²) < 4.78 is 8.34. The Hall–Kier alpha value is -3.28. The number of carbonyl (C=O) groups excluding carboxylic acids is 1. The van der Waals surface area contributed by atoms with Crippen LogP contribution < -0.4 is 15.5 Å². The Bertz CT molecular complexity index is 1380. The number of fused-ring (bicyclic) bond motifs is 3. The highest BCUT2D eigenvalue weighted by Crippen LogP contribution is 2.37. The molecule has 0 radical (unpaired) electrons. The van der Waals surface area contributed by atoms with E-state index in [0.717, 1.165) is 66.9 Å². The molecular formula is C31H43N9O2. The van der Waals surface area contributed by atoms with E-state index < -0.39 is 0 Å². The van der Waals surface area contributed by atoms with Gasteiger partial charge in [-0.3, -0.25) is 4.90 Å². The van der Waals surface area contributed by atoms with Crippen LogP contribution in [0.4, 0.5) is 16.3 Å². The second kappa shape index (κ2) is 11.8. The van der Waals surface area contributed by atoms with E-state index in [9.17, 15) is 4.79 Å². The summed E-state index contributed by atoms with van der Waals surface area (Å²) in [7, 11) is 2.22. The molecule has 42 heavy (non-hydrogen) atoms. The molecule has 4 aliphatic rings. The summed E-state index contributed by atoms with van der Waals surface area (Å²) in [4.78, 5) is 29.8. The highest BCUT2D eigenvalue weighted by atomic mass is 16.5. The first-order chi connectivity index (χ1) is 20.5. The number of carbonyl (C=O) groups is 1. The molecule has 4 fully saturated rings. The molecule has 11 heteroatoms. The van der Waals surface area contributed by atoms with Crippen molar-refractivity contribution < 1.29 is 9.53 Å². The van der Waals surface area contributed by atoms with Crippen LogP contribution in [-0.2, 0) is 4.74 Å². The van der Waals surface area contributed by atoms with Crippen LogP contribution in [0.25, 0.3) is 22.4 Å². The summed E-state index contributed by atoms with van der Waals surface area (Å²) in [6, 6.07) is 8.58. The van der Waals surface area contributed by atoms with Crippen LogP contribution in [0.5, 0.6) is 0 Å². The van der Waals surface area contributed by atoms with Crippen molar-refractivity contribution in [3.05, 3.63) is 30.5 Å². The van der Waals surface area contributed by atoms with Gasteiger partial charge in [0.05, 0.1) is 29.8 Å². The number of nitrogens with zero attached hydrogens (tertiary/aromatic N) is 7. The van der Waals surface area contributed by atoms with E-state index in [1.807, 2.05) is 37.4 Å². The number of ether oxygens (including phenoxy) is 1. The molecule has 7 rings (SSSR count). The highest BCUT2D eigenvalue weighted by molar-refractivity contribution is 5.90. The molecule has 224 valence electrons. The fraction of sp³-hybridized carbons (Fsp3) is 0.613. The average molecular weight is 574 g/mol. The monoisotopic (exact) mass is 573 g/mol. The summed E-state index contributed by atoms with van der Waals surface area (Å²) in [5.41, 5.74) is 2.57. The largest absolute Gasteiger partial charge is 0.371 e. The molecule has 0 spiro atoms. The fourth-order valence-corrected chi connectivity index (χ4v) is 7.23. The Labute approximate surface area is 247 Å². The molecular weight excluding hydrogens is 530 g/mol. The summed E-state index contributed by atoms with van der Waals surface area (Å²) in [6.07, 6.45) is 9.36. The van der Waals surface area contributed by atoms with E-state index in [1.165, 1.54) is 39.0 Å². The fourth-order valence-electron chi connectivity index (χ4n) is 7.23. The number of aromatic nitrogens is 4. The lowest BCUT2D eigenvalue weighted by molar-refractivity contribution is 0.0303. The van der Waals surface area contributed by atoms with Crippen LogP contribution >= 0.6 is 0 Å². The lowest BCUT2D eigenvalue weighted by Gasteiger charge is -2.41. The van der Waals surface area contributed by atoms with Crippen LogP contribution in [0.15, 0.2) is 30.5 Å². The normalized spacial score (nSPS) is 27.0. The zero-order valence-corrected chi connectivity index (χ0v) is 24.8. The van der Waals surface area contributed by atoms with E-state index in [2.05, 4.69) is 37.1 Å². The number of piperazine rings is 1. The number of hydrogen-bond donors (Lipinski definition) is 2. The predicted octanol–water partition coefficient (Wildman–Crippen LogP) is 3.73. The van der Waals surface area contributed by atoms with Crippen molar-refractivity contribution in [1.82, 2.24) is 34.9 Å². The first kappa shape index (κ1) is 27.5. The average Bonchev–Trinajstić information content (AvgIpc) is 3.59. The number of likely N-dealkylation sites (N-methyl/N-ethyl adjacent to an activating group) is 1. The van der Waals surface area contributed by atoms with Gasteiger partial charge in [-0.1, -0.05) is 0 Å². The second-order valence-electron chi connectivity index (χ2n) is 12.4. The number of benzene rings is 1. The molecule has 3 saturated heterocycles. The number of urea groups is 1. The Morgan fingerprint density at radius 2 is 1.62 bits per heavy atom. The molecule has 2 unspecified atom stereocenters. The lowest BCUT2D eigenvalue weighted by atomic mass is 9.90. The first-order valence-corrected chi connectivity index (χ1v) is 15.8. The number of hydrogen-bond acceptors (Lipinski definition) is 8. The Kier molecular flexibility index (Phi) is 7.72. The summed E-state index contributed by atoms with van der Waals surface area (Å²) in [5, 5.41) is 11.6. The van der Waals surface area contributed by atoms with Crippen molar-refractivity contribution in [2.24, 2.45) is 0 Å². The Morgan fingerprint density at radius 3 is 2.31 bits per heavy atom. The molecule has 11 nitrogen and oxygen atoms in total. The topological polar surface area (TPSA) is 104 Å². The molecule has 2 atom stereocenters. The van der Waals surface area contributed by atoms with E-state index in [1.54, 1.807) is 0 Å². The van der Waals surface area contributed by atoms with Gasteiger partial charge in [0, 0.05) is 63.1 Å². The maximum atomic E-state index is 12.0. The van der Waals surface area contributed by atoms with Gasteiger partial charge in [0.15, 0.2) is 11.5 Å². The van der Waals surface area contributed by atoms with Gasteiger partial charge in [-0.25, -0.2) is 19.4 Å². The molecule has 2 aromatic heterocycles. The molecule has 2 amide bonds. The van der Waals surface area contributed by atoms with E-state index in [4.69, 9.17) is 19.8 Å². The van der Waals surface area contributed by atoms with Crippen LogP contribution in [0, 0.1) is 0 Å². The zero-order valence-electron chi connectivity index (χ0n) is 24.8. The van der Waals surface area contributed by atoms with Crippen molar-refractivity contribution in [1.29, 1.82) is 0 Å². The SMILES string of the molecule is CCNC(=O)Nc1ccc(-c2nc(N3CC4CCC(C3)O4)c3cnn(C4CCC(N5CCN(C)CC5)CC4)c3n2)cc1. The number of nitrogens with one attached hydrogen (secondary N) is 2. The lowest BCUT2D eigenvalue weighted by Crippen LogP contribution is -2.49. The third-order valence-corrected chi connectivity index (χ3v) is 9.58. The van der Waals surface area contributed by atoms with Crippen LogP contribution in [-0.4, -0.2) is 107 Å². The molecule has 5 heterocycles. The van der Waals surface area contributed by atoms with Crippen LogP contribution in [0.3, 0.4) is 0 Å². The minimum Gasteiger partial charge on any atom is -0.371 e. The summed E-state index contributed by atoms with van der Waals surface area (Å²) >= 11 is 0. The van der Waals surface area contributed by atoms with Crippen LogP contribution in [0.1, 0.15) is 51.5 Å². The number of rotatable bonds is 6. The van der Waals surface area contributed by atoms with Crippen molar-refractivity contribution in [3.8, 4) is 11.4 Å². The number of anilines is 2. The standard InChI is InChI=1S/C31H43N9O2/c1-3-32-31(41)34-22-6-4-21(5-7-22)28-35-29(39-19-25-12-13-26(20-39)42-25)27-18-33-40(30(27)36-28)24-10-8-23(9-11-24)38-16-14-37(2)15-17-38/h4-7,18,23-26H,3,8-17,19-20H2,1-2H3,(H2,32,34,41). The third-order valence-electron chi connectivity index (χ3n) is 9.58. The number of amides is 2. The maximum absolute atomic E-state index is 12.0. The van der Waals surface area contributed by atoms with Gasteiger partial charge >= 0.3 is 6.03 Å². The van der Waals surface area contributed by atoms with Gasteiger partial charge < -0.3 is 25.2 Å². The van der Waals surface area contributed by atoms with E-state index >= 15 is 0 Å². The molecule has 3 aromatic rings. The van der Waals surface area contributed by atoms with Gasteiger partial charge in [-0.05, 0) is 76.8 Å². The minimum absolute atomic E-state index is 0.210. The smallest absolute Gasteiger partial charge is 0.319 e. The highest BCUT2D eigenvalue weighted by Gasteiger charge is 2.36. The van der Waals surface area contributed by atoms with Gasteiger partial charge in [0.25, 0.3) is 0 Å². The summed E-state index contributed by atoms with van der Waals surface area (Å²) in [6.45, 7) is 8.85. The third kappa shape index (κ3) is 5.57. The summed E-state index contributed by atoms with van der Waals surface area (Å²) in [5.74, 6) is 1.64. The van der Waals surface area contributed by atoms with Crippen molar-refractivity contribution in [3.63, 3.8) is 0 Å². The van der Waals surface area contributed by atoms with Crippen molar-refractivity contribution in [2.75, 3.05) is 63.1 Å². The zero-order chi connectivity index (χ0) is 28.6. The van der Waals surface area contributed by atoms with E-state index in [-0.39, 0.29) is 18.2 Å².